The second kappa shape index (κ2) is 9.21. The summed E-state index contributed by atoms with van der Waals surface area (Å²) in [6.07, 6.45) is 0.530. The zero-order valence-corrected chi connectivity index (χ0v) is 17.6. The molecule has 0 aromatic rings. The number of hydrogen-bond donors (Lipinski definition) is 3. The molecule has 0 aliphatic heterocycles. The van der Waals surface area contributed by atoms with Gasteiger partial charge in [0.05, 0.1) is 5.57 Å². The van der Waals surface area contributed by atoms with Gasteiger partial charge in [0.2, 0.25) is 0 Å². The van der Waals surface area contributed by atoms with Crippen LogP contribution in [0.5, 0.6) is 0 Å². The second-order valence-electron chi connectivity index (χ2n) is 8.91. The summed E-state index contributed by atoms with van der Waals surface area (Å²) in [5.74, 6) is -1.24. The lowest BCUT2D eigenvalue weighted by atomic mass is 9.76. The number of carboxylic acid groups (broad SMARTS) is 1. The van der Waals surface area contributed by atoms with E-state index in [-0.39, 0.29) is 35.5 Å². The number of carbonyl (C=O) groups excluding carboxylic acids is 2. The summed E-state index contributed by atoms with van der Waals surface area (Å²) < 4.78 is 5.07. The number of aliphatic hydroxyl groups is 1. The van der Waals surface area contributed by atoms with Crippen molar-refractivity contribution in [3.63, 3.8) is 0 Å². The average molecular weight is 396 g/mol. The predicted molar refractivity (Wildman–Crippen MR) is 106 cm³/mol. The molecule has 0 fully saturated rings. The SMILES string of the molecule is CC(=NCCC[C@H](NC(=O)OC(C)(C)C)C(=O)O)C1=C(O)CC(C)(C)CC1=O. The Morgan fingerprint density at radius 1 is 1.29 bits per heavy atom. The van der Waals surface area contributed by atoms with Crippen LogP contribution in [0, 0.1) is 5.41 Å². The number of carbonyl (C=O) groups is 3. The van der Waals surface area contributed by atoms with Crippen LogP contribution in [0.25, 0.3) is 0 Å². The van der Waals surface area contributed by atoms with Crippen LogP contribution in [-0.4, -0.2) is 52.0 Å². The van der Waals surface area contributed by atoms with Gasteiger partial charge in [-0.25, -0.2) is 9.59 Å². The van der Waals surface area contributed by atoms with E-state index in [1.807, 2.05) is 13.8 Å². The summed E-state index contributed by atoms with van der Waals surface area (Å²) in [6.45, 7) is 10.9. The number of aliphatic carboxylic acids is 1. The largest absolute Gasteiger partial charge is 0.511 e. The third kappa shape index (κ3) is 7.70. The molecule has 0 unspecified atom stereocenters. The van der Waals surface area contributed by atoms with Gasteiger partial charge < -0.3 is 20.3 Å². The number of alkyl carbamates (subject to hydrolysis) is 1. The summed E-state index contributed by atoms with van der Waals surface area (Å²) in [7, 11) is 0. The fourth-order valence-corrected chi connectivity index (χ4v) is 3.03. The zero-order chi connectivity index (χ0) is 21.7. The molecule has 0 aromatic carbocycles. The number of amides is 1. The summed E-state index contributed by atoms with van der Waals surface area (Å²) in [4.78, 5) is 39.7. The summed E-state index contributed by atoms with van der Waals surface area (Å²) in [6, 6.07) is -1.09. The van der Waals surface area contributed by atoms with E-state index in [1.165, 1.54) is 0 Å². The van der Waals surface area contributed by atoms with Gasteiger partial charge in [-0.05, 0) is 46.0 Å². The molecular weight excluding hydrogens is 364 g/mol. The number of Topliss-reactive ketones (excluding diaryl/α,β-unsaturated/α-hetero) is 1. The number of carboxylic acids is 1. The molecule has 158 valence electrons. The molecule has 0 spiro atoms. The first-order valence-electron chi connectivity index (χ1n) is 9.41. The molecule has 3 N–H and O–H groups in total. The fraction of sp³-hybridized carbons (Fsp3) is 0.700. The van der Waals surface area contributed by atoms with E-state index in [4.69, 9.17) is 4.74 Å². The number of nitrogens with zero attached hydrogens (tertiary/aromatic N) is 1. The van der Waals surface area contributed by atoms with Crippen molar-refractivity contribution in [2.24, 2.45) is 10.4 Å². The highest BCUT2D eigenvalue weighted by Crippen LogP contribution is 2.36. The summed E-state index contributed by atoms with van der Waals surface area (Å²) >= 11 is 0. The molecule has 8 heteroatoms. The fourth-order valence-electron chi connectivity index (χ4n) is 3.03. The topological polar surface area (TPSA) is 125 Å². The van der Waals surface area contributed by atoms with Crippen molar-refractivity contribution in [2.45, 2.75) is 78.9 Å². The molecule has 1 aliphatic carbocycles. The Balaban J connectivity index is 2.64. The molecule has 0 aromatic heterocycles. The van der Waals surface area contributed by atoms with Crippen LogP contribution in [0.15, 0.2) is 16.3 Å². The first kappa shape index (κ1) is 23.7. The van der Waals surface area contributed by atoms with E-state index >= 15 is 0 Å². The van der Waals surface area contributed by atoms with Crippen molar-refractivity contribution in [3.05, 3.63) is 11.3 Å². The smallest absolute Gasteiger partial charge is 0.408 e. The maximum Gasteiger partial charge on any atom is 0.408 e. The number of aliphatic hydroxyl groups excluding tert-OH is 1. The van der Waals surface area contributed by atoms with Gasteiger partial charge in [0, 0.05) is 25.1 Å². The summed E-state index contributed by atoms with van der Waals surface area (Å²) in [5, 5.41) is 21.8. The van der Waals surface area contributed by atoms with Crippen LogP contribution in [0.3, 0.4) is 0 Å². The minimum atomic E-state index is -1.16. The number of nitrogens with one attached hydrogen (secondary N) is 1. The van der Waals surface area contributed by atoms with E-state index in [2.05, 4.69) is 10.3 Å². The maximum atomic E-state index is 12.3. The zero-order valence-electron chi connectivity index (χ0n) is 17.6. The van der Waals surface area contributed by atoms with Crippen LogP contribution >= 0.6 is 0 Å². The van der Waals surface area contributed by atoms with Crippen LogP contribution in [0.4, 0.5) is 4.79 Å². The lowest BCUT2D eigenvalue weighted by Gasteiger charge is -2.29. The minimum Gasteiger partial charge on any atom is -0.511 e. The second-order valence-corrected chi connectivity index (χ2v) is 8.91. The van der Waals surface area contributed by atoms with E-state index in [0.29, 0.717) is 25.0 Å². The number of ketones is 1. The van der Waals surface area contributed by atoms with E-state index in [9.17, 15) is 24.6 Å². The minimum absolute atomic E-state index is 0.0532. The lowest BCUT2D eigenvalue weighted by Crippen LogP contribution is -2.43. The number of hydrogen-bond acceptors (Lipinski definition) is 6. The number of rotatable bonds is 7. The van der Waals surface area contributed by atoms with Gasteiger partial charge in [0.15, 0.2) is 5.78 Å². The Morgan fingerprint density at radius 3 is 2.39 bits per heavy atom. The highest BCUT2D eigenvalue weighted by atomic mass is 16.6. The molecule has 28 heavy (non-hydrogen) atoms. The van der Waals surface area contributed by atoms with E-state index in [1.54, 1.807) is 27.7 Å². The Labute approximate surface area is 166 Å². The molecular formula is C20H32N2O6. The number of allylic oxidation sites excluding steroid dienone is 2. The Bertz CT molecular complexity index is 685. The van der Waals surface area contributed by atoms with Gasteiger partial charge in [-0.15, -0.1) is 0 Å². The predicted octanol–water partition coefficient (Wildman–Crippen LogP) is 3.41. The van der Waals surface area contributed by atoms with Gasteiger partial charge in [0.1, 0.15) is 17.4 Å². The van der Waals surface area contributed by atoms with Gasteiger partial charge >= 0.3 is 12.1 Å². The van der Waals surface area contributed by atoms with Crippen molar-refractivity contribution in [2.75, 3.05) is 6.54 Å². The number of ether oxygens (including phenoxy) is 1. The molecule has 0 saturated heterocycles. The van der Waals surface area contributed by atoms with Crippen molar-refractivity contribution < 1.29 is 29.3 Å². The standard InChI is InChI=1S/C20H32N2O6/c1-12(16-14(23)10-20(5,6)11-15(16)24)21-9-7-8-13(17(25)26)22-18(27)28-19(2,3)4/h13,23H,7-11H2,1-6H3,(H,22,27)(H,25,26)/t13-/m0/s1. The first-order chi connectivity index (χ1) is 12.7. The van der Waals surface area contributed by atoms with Crippen LogP contribution < -0.4 is 5.32 Å². The van der Waals surface area contributed by atoms with Crippen LogP contribution in [0.2, 0.25) is 0 Å². The Hall–Kier alpha value is -2.38. The molecule has 0 radical (unpaired) electrons. The monoisotopic (exact) mass is 396 g/mol. The van der Waals surface area contributed by atoms with Crippen molar-refractivity contribution in [1.29, 1.82) is 0 Å². The van der Waals surface area contributed by atoms with Gasteiger partial charge in [-0.1, -0.05) is 13.8 Å². The lowest BCUT2D eigenvalue weighted by molar-refractivity contribution is -0.139. The normalized spacial score (nSPS) is 18.6. The Morgan fingerprint density at radius 2 is 1.89 bits per heavy atom. The average Bonchev–Trinajstić information content (AvgIpc) is 2.45. The molecule has 1 amide bonds. The quantitative estimate of drug-likeness (QED) is 0.447. The van der Waals surface area contributed by atoms with E-state index in [0.717, 1.165) is 0 Å². The van der Waals surface area contributed by atoms with E-state index < -0.39 is 23.7 Å². The highest BCUT2D eigenvalue weighted by Gasteiger charge is 2.34. The molecule has 0 bridgehead atoms. The number of aliphatic imine (C=N–C) groups is 1. The van der Waals surface area contributed by atoms with Gasteiger partial charge in [0.25, 0.3) is 0 Å². The third-order valence-electron chi connectivity index (χ3n) is 4.20. The molecule has 1 rings (SSSR count). The molecule has 1 aliphatic rings. The molecule has 0 heterocycles. The van der Waals surface area contributed by atoms with Gasteiger partial charge in [-0.2, -0.15) is 0 Å². The third-order valence-corrected chi connectivity index (χ3v) is 4.20. The van der Waals surface area contributed by atoms with Crippen molar-refractivity contribution in [1.82, 2.24) is 5.32 Å². The first-order valence-corrected chi connectivity index (χ1v) is 9.41. The van der Waals surface area contributed by atoms with Crippen LogP contribution in [0.1, 0.15) is 67.2 Å². The molecule has 1 atom stereocenters. The molecule has 8 nitrogen and oxygen atoms in total. The van der Waals surface area contributed by atoms with Crippen LogP contribution in [-0.2, 0) is 14.3 Å². The van der Waals surface area contributed by atoms with Gasteiger partial charge in [-0.3, -0.25) is 9.79 Å². The highest BCUT2D eigenvalue weighted by molar-refractivity contribution is 6.22. The summed E-state index contributed by atoms with van der Waals surface area (Å²) in [5.41, 5.74) is -0.274. The maximum absolute atomic E-state index is 12.3. The van der Waals surface area contributed by atoms with Crippen molar-refractivity contribution >= 4 is 23.6 Å². The van der Waals surface area contributed by atoms with Crippen molar-refractivity contribution in [3.8, 4) is 0 Å². The molecule has 0 saturated carbocycles. The Kier molecular flexibility index (Phi) is 7.78.